The van der Waals surface area contributed by atoms with Gasteiger partial charge >= 0.3 is 0 Å². The van der Waals surface area contributed by atoms with Gasteiger partial charge in [-0.1, -0.05) is 57.2 Å². The maximum absolute atomic E-state index is 11.8. The molecule has 0 spiro atoms. The number of fused-ring (bicyclic) bond motifs is 2. The quantitative estimate of drug-likeness (QED) is 0.905. The minimum Gasteiger partial charge on any atom is -0.457 e. The number of aliphatic hydroxyl groups is 1. The van der Waals surface area contributed by atoms with E-state index in [1.54, 1.807) is 0 Å². The summed E-state index contributed by atoms with van der Waals surface area (Å²) in [5.74, 6) is 1.55. The van der Waals surface area contributed by atoms with E-state index in [2.05, 4.69) is 25.7 Å². The number of ether oxygens (including phenoxy) is 1. The Balaban J connectivity index is 2.09. The Kier molecular flexibility index (Phi) is 4.42. The van der Waals surface area contributed by atoms with Gasteiger partial charge in [-0.2, -0.15) is 0 Å². The van der Waals surface area contributed by atoms with Gasteiger partial charge in [0.15, 0.2) is 0 Å². The molecule has 1 aliphatic rings. The van der Waals surface area contributed by atoms with Crippen molar-refractivity contribution in [3.63, 3.8) is 0 Å². The number of hydrogen-bond acceptors (Lipinski definition) is 3. The molecule has 1 N–H and O–H groups in total. The Morgan fingerprint density at radius 2 is 1.43 bits per heavy atom. The van der Waals surface area contributed by atoms with Crippen molar-refractivity contribution in [3.8, 4) is 11.5 Å². The van der Waals surface area contributed by atoms with Crippen LogP contribution in [0, 0.1) is 5.92 Å². The molecule has 0 unspecified atom stereocenters. The molecule has 0 saturated heterocycles. The predicted molar refractivity (Wildman–Crippen MR) is 92.9 cm³/mol. The number of benzene rings is 2. The van der Waals surface area contributed by atoms with Gasteiger partial charge in [0, 0.05) is 23.6 Å². The number of rotatable bonds is 5. The molecule has 1 atom stereocenters. The fraction of sp³-hybridized carbons (Fsp3) is 0.400. The van der Waals surface area contributed by atoms with Crippen molar-refractivity contribution in [1.82, 2.24) is 4.90 Å². The van der Waals surface area contributed by atoms with Gasteiger partial charge in [-0.15, -0.1) is 0 Å². The first-order valence-electron chi connectivity index (χ1n) is 8.42. The van der Waals surface area contributed by atoms with E-state index in [1.165, 1.54) is 0 Å². The van der Waals surface area contributed by atoms with E-state index in [4.69, 9.17) is 4.74 Å². The first kappa shape index (κ1) is 16.0. The molecule has 3 nitrogen and oxygen atoms in total. The molecule has 0 amide bonds. The van der Waals surface area contributed by atoms with Crippen LogP contribution >= 0.6 is 0 Å². The van der Waals surface area contributed by atoms with Gasteiger partial charge in [-0.05, 0) is 25.2 Å². The summed E-state index contributed by atoms with van der Waals surface area (Å²) in [7, 11) is 0. The first-order chi connectivity index (χ1) is 11.1. The van der Waals surface area contributed by atoms with Crippen LogP contribution in [0.5, 0.6) is 11.5 Å². The fourth-order valence-corrected chi connectivity index (χ4v) is 3.54. The van der Waals surface area contributed by atoms with Crippen LogP contribution in [-0.2, 0) is 5.60 Å². The lowest BCUT2D eigenvalue weighted by molar-refractivity contribution is 0.000982. The molecule has 1 aliphatic heterocycles. The van der Waals surface area contributed by atoms with E-state index in [0.717, 1.165) is 42.3 Å². The van der Waals surface area contributed by atoms with Crippen molar-refractivity contribution in [1.29, 1.82) is 0 Å². The smallest absolute Gasteiger partial charge is 0.133 e. The Morgan fingerprint density at radius 1 is 0.957 bits per heavy atom. The van der Waals surface area contributed by atoms with Crippen LogP contribution in [0.15, 0.2) is 48.5 Å². The Hall–Kier alpha value is -1.84. The van der Waals surface area contributed by atoms with Crippen LogP contribution in [0.1, 0.15) is 31.9 Å². The van der Waals surface area contributed by atoms with Gasteiger partial charge in [0.2, 0.25) is 0 Å². The number of hydrogen-bond donors (Lipinski definition) is 1. The molecule has 0 bridgehead atoms. The minimum absolute atomic E-state index is 0.0496. The Bertz CT molecular complexity index is 633. The summed E-state index contributed by atoms with van der Waals surface area (Å²) in [6, 6.07) is 15.6. The highest BCUT2D eigenvalue weighted by Gasteiger charge is 2.44. The van der Waals surface area contributed by atoms with Crippen molar-refractivity contribution in [2.45, 2.75) is 26.4 Å². The highest BCUT2D eigenvalue weighted by atomic mass is 16.5. The van der Waals surface area contributed by atoms with Crippen molar-refractivity contribution in [2.24, 2.45) is 5.92 Å². The van der Waals surface area contributed by atoms with Gasteiger partial charge < -0.3 is 14.7 Å². The van der Waals surface area contributed by atoms with Crippen LogP contribution in [0.2, 0.25) is 0 Å². The summed E-state index contributed by atoms with van der Waals surface area (Å²) in [6.45, 7) is 9.25. The van der Waals surface area contributed by atoms with Gasteiger partial charge in [-0.3, -0.25) is 0 Å². The summed E-state index contributed by atoms with van der Waals surface area (Å²) in [6.07, 6.45) is 0. The predicted octanol–water partition coefficient (Wildman–Crippen LogP) is 4.01. The maximum Gasteiger partial charge on any atom is 0.133 e. The summed E-state index contributed by atoms with van der Waals surface area (Å²) < 4.78 is 6.01. The molecule has 3 rings (SSSR count). The average molecular weight is 311 g/mol. The van der Waals surface area contributed by atoms with Crippen molar-refractivity contribution in [3.05, 3.63) is 59.7 Å². The molecule has 2 aromatic carbocycles. The summed E-state index contributed by atoms with van der Waals surface area (Å²) in [4.78, 5) is 2.35. The highest BCUT2D eigenvalue weighted by molar-refractivity contribution is 5.55. The van der Waals surface area contributed by atoms with E-state index >= 15 is 0 Å². The van der Waals surface area contributed by atoms with Crippen molar-refractivity contribution < 1.29 is 9.84 Å². The van der Waals surface area contributed by atoms with Crippen LogP contribution in [-0.4, -0.2) is 29.6 Å². The molecule has 1 heterocycles. The molecule has 2 aromatic rings. The summed E-state index contributed by atoms with van der Waals surface area (Å²) >= 11 is 0. The monoisotopic (exact) mass is 311 g/mol. The second-order valence-electron chi connectivity index (χ2n) is 6.25. The van der Waals surface area contributed by atoms with Gasteiger partial charge in [-0.25, -0.2) is 0 Å². The second kappa shape index (κ2) is 6.34. The third kappa shape index (κ3) is 2.64. The molecule has 122 valence electrons. The molecule has 0 radical (unpaired) electrons. The van der Waals surface area contributed by atoms with Crippen LogP contribution in [0.3, 0.4) is 0 Å². The summed E-state index contributed by atoms with van der Waals surface area (Å²) in [5, 5.41) is 11.8. The van der Waals surface area contributed by atoms with Crippen molar-refractivity contribution in [2.75, 3.05) is 19.6 Å². The van der Waals surface area contributed by atoms with Gasteiger partial charge in [0.1, 0.15) is 17.1 Å². The zero-order valence-electron chi connectivity index (χ0n) is 14.1. The normalized spacial score (nSPS) is 16.4. The largest absolute Gasteiger partial charge is 0.457 e. The second-order valence-corrected chi connectivity index (χ2v) is 6.25. The van der Waals surface area contributed by atoms with E-state index in [0.29, 0.717) is 0 Å². The average Bonchev–Trinajstić information content (AvgIpc) is 2.59. The zero-order chi connectivity index (χ0) is 16.4. The highest BCUT2D eigenvalue weighted by Crippen LogP contribution is 2.50. The van der Waals surface area contributed by atoms with Gasteiger partial charge in [0.05, 0.1) is 0 Å². The Morgan fingerprint density at radius 3 is 1.91 bits per heavy atom. The molecule has 23 heavy (non-hydrogen) atoms. The molecule has 0 fully saturated rings. The standard InChI is InChI=1S/C20H25NO2/c1-4-21(5-2)14-15(3)20(22)16-10-6-8-12-18(16)23-19-13-9-7-11-17(19)20/h6-13,15,22H,4-5,14H2,1-3H3/t15-/m1/s1. The third-order valence-electron chi connectivity index (χ3n) is 4.95. The molecule has 0 saturated carbocycles. The van der Waals surface area contributed by atoms with Crippen LogP contribution in [0.25, 0.3) is 0 Å². The SMILES string of the molecule is CCN(CC)C[C@@H](C)C1(O)c2ccccc2Oc2ccccc21. The van der Waals surface area contributed by atoms with Crippen molar-refractivity contribution >= 4 is 0 Å². The number of nitrogens with zero attached hydrogens (tertiary/aromatic N) is 1. The van der Waals surface area contributed by atoms with E-state index in [-0.39, 0.29) is 5.92 Å². The van der Waals surface area contributed by atoms with E-state index in [9.17, 15) is 5.11 Å². The van der Waals surface area contributed by atoms with Gasteiger partial charge in [0.25, 0.3) is 0 Å². The van der Waals surface area contributed by atoms with E-state index < -0.39 is 5.60 Å². The topological polar surface area (TPSA) is 32.7 Å². The molecular weight excluding hydrogens is 286 g/mol. The molecular formula is C20H25NO2. The lowest BCUT2D eigenvalue weighted by Gasteiger charge is -2.41. The minimum atomic E-state index is -1.03. The zero-order valence-corrected chi connectivity index (χ0v) is 14.1. The maximum atomic E-state index is 11.8. The first-order valence-corrected chi connectivity index (χ1v) is 8.42. The lowest BCUT2D eigenvalue weighted by atomic mass is 9.74. The lowest BCUT2D eigenvalue weighted by Crippen LogP contribution is -2.43. The molecule has 0 aromatic heterocycles. The number of para-hydroxylation sites is 2. The molecule has 0 aliphatic carbocycles. The van der Waals surface area contributed by atoms with Crippen LogP contribution < -0.4 is 4.74 Å². The van der Waals surface area contributed by atoms with Crippen LogP contribution in [0.4, 0.5) is 0 Å². The summed E-state index contributed by atoms with van der Waals surface area (Å²) in [5.41, 5.74) is 0.685. The Labute approximate surface area is 138 Å². The third-order valence-corrected chi connectivity index (χ3v) is 4.95. The van der Waals surface area contributed by atoms with E-state index in [1.807, 2.05) is 48.5 Å². The fourth-order valence-electron chi connectivity index (χ4n) is 3.54. The molecule has 3 heteroatoms.